The fourth-order valence-electron chi connectivity index (χ4n) is 2.09. The van der Waals surface area contributed by atoms with Gasteiger partial charge in [0.05, 0.1) is 11.5 Å². The molecule has 0 radical (unpaired) electrons. The van der Waals surface area contributed by atoms with Crippen LogP contribution in [-0.4, -0.2) is 30.0 Å². The van der Waals surface area contributed by atoms with Crippen LogP contribution in [0.4, 0.5) is 17.1 Å². The molecule has 0 spiro atoms. The van der Waals surface area contributed by atoms with Crippen molar-refractivity contribution in [1.82, 2.24) is 0 Å². The largest absolute Gasteiger partial charge is 0.465 e. The van der Waals surface area contributed by atoms with Crippen LogP contribution in [0.3, 0.4) is 0 Å². The highest BCUT2D eigenvalue weighted by atomic mass is 16.6. The van der Waals surface area contributed by atoms with Gasteiger partial charge in [0, 0.05) is 18.2 Å². The summed E-state index contributed by atoms with van der Waals surface area (Å²) in [5.74, 6) is -0.638. The van der Waals surface area contributed by atoms with Gasteiger partial charge in [0.15, 0.2) is 0 Å². The molecule has 8 heteroatoms. The predicted octanol–water partition coefficient (Wildman–Crippen LogP) is 1.45. The maximum Gasteiger partial charge on any atom is 0.325 e. The van der Waals surface area contributed by atoms with E-state index in [1.807, 2.05) is 0 Å². The lowest BCUT2D eigenvalue weighted by Crippen LogP contribution is -2.21. The molecule has 1 amide bonds. The number of carbonyl (C=O) groups excluding carboxylic acids is 2. The van der Waals surface area contributed by atoms with Crippen LogP contribution in [0.5, 0.6) is 0 Å². The van der Waals surface area contributed by atoms with E-state index in [0.29, 0.717) is 24.1 Å². The number of hydrogen-bond donors (Lipinski definition) is 2. The SMILES string of the molecule is CCOC(=O)CNc1cc2c(cc1[N+](=O)[O-])CCC(=O)N2. The first-order valence-electron chi connectivity index (χ1n) is 6.52. The number of nitro benzene ring substituents is 1. The molecule has 0 aromatic heterocycles. The van der Waals surface area contributed by atoms with Gasteiger partial charge in [-0.15, -0.1) is 0 Å². The summed E-state index contributed by atoms with van der Waals surface area (Å²) < 4.78 is 4.75. The van der Waals surface area contributed by atoms with Crippen LogP contribution in [-0.2, 0) is 20.7 Å². The third-order valence-corrected chi connectivity index (χ3v) is 3.04. The van der Waals surface area contributed by atoms with E-state index in [1.54, 1.807) is 6.92 Å². The normalized spacial score (nSPS) is 13.1. The van der Waals surface area contributed by atoms with Crippen molar-refractivity contribution in [3.8, 4) is 0 Å². The molecule has 0 atom stereocenters. The molecule has 1 heterocycles. The fraction of sp³-hybridized carbons (Fsp3) is 0.385. The fourth-order valence-corrected chi connectivity index (χ4v) is 2.09. The molecule has 112 valence electrons. The Bertz CT molecular complexity index is 600. The number of carbonyl (C=O) groups is 2. The molecule has 0 fully saturated rings. The van der Waals surface area contributed by atoms with Gasteiger partial charge in [0.25, 0.3) is 5.69 Å². The van der Waals surface area contributed by atoms with Crippen LogP contribution in [0.25, 0.3) is 0 Å². The van der Waals surface area contributed by atoms with E-state index >= 15 is 0 Å². The van der Waals surface area contributed by atoms with Crippen molar-refractivity contribution in [1.29, 1.82) is 0 Å². The summed E-state index contributed by atoms with van der Waals surface area (Å²) in [5.41, 5.74) is 1.29. The highest BCUT2D eigenvalue weighted by molar-refractivity contribution is 5.95. The second-order valence-corrected chi connectivity index (χ2v) is 4.49. The number of ether oxygens (including phenoxy) is 1. The van der Waals surface area contributed by atoms with Gasteiger partial charge in [-0.2, -0.15) is 0 Å². The second-order valence-electron chi connectivity index (χ2n) is 4.49. The summed E-state index contributed by atoms with van der Waals surface area (Å²) in [4.78, 5) is 33.3. The quantitative estimate of drug-likeness (QED) is 0.483. The second kappa shape index (κ2) is 6.21. The van der Waals surface area contributed by atoms with Crippen molar-refractivity contribution in [2.45, 2.75) is 19.8 Å². The van der Waals surface area contributed by atoms with Crippen LogP contribution >= 0.6 is 0 Å². The predicted molar refractivity (Wildman–Crippen MR) is 75.2 cm³/mol. The van der Waals surface area contributed by atoms with Crippen molar-refractivity contribution in [2.75, 3.05) is 23.8 Å². The minimum atomic E-state index is -0.524. The van der Waals surface area contributed by atoms with E-state index in [4.69, 9.17) is 4.74 Å². The zero-order valence-corrected chi connectivity index (χ0v) is 11.5. The van der Waals surface area contributed by atoms with Crippen molar-refractivity contribution in [2.24, 2.45) is 0 Å². The third-order valence-electron chi connectivity index (χ3n) is 3.04. The monoisotopic (exact) mass is 293 g/mol. The van der Waals surface area contributed by atoms with Gasteiger partial charge in [-0.25, -0.2) is 0 Å². The van der Waals surface area contributed by atoms with Gasteiger partial charge in [-0.3, -0.25) is 19.7 Å². The van der Waals surface area contributed by atoms with Gasteiger partial charge in [0.1, 0.15) is 12.2 Å². The van der Waals surface area contributed by atoms with Crippen LogP contribution in [0, 0.1) is 10.1 Å². The number of anilines is 2. The first-order chi connectivity index (χ1) is 10.0. The summed E-state index contributed by atoms with van der Waals surface area (Å²) in [6, 6.07) is 2.89. The number of nitrogens with one attached hydrogen (secondary N) is 2. The number of amides is 1. The van der Waals surface area contributed by atoms with Crippen molar-refractivity contribution < 1.29 is 19.2 Å². The van der Waals surface area contributed by atoms with Crippen LogP contribution < -0.4 is 10.6 Å². The summed E-state index contributed by atoms with van der Waals surface area (Å²) in [6.07, 6.45) is 0.764. The average molecular weight is 293 g/mol. The molecule has 21 heavy (non-hydrogen) atoms. The summed E-state index contributed by atoms with van der Waals surface area (Å²) in [7, 11) is 0. The lowest BCUT2D eigenvalue weighted by Gasteiger charge is -2.18. The number of fused-ring (bicyclic) bond motifs is 1. The van der Waals surface area contributed by atoms with Crippen LogP contribution in [0.1, 0.15) is 18.9 Å². The average Bonchev–Trinajstić information content (AvgIpc) is 2.44. The number of rotatable bonds is 5. The smallest absolute Gasteiger partial charge is 0.325 e. The highest BCUT2D eigenvalue weighted by Crippen LogP contribution is 2.33. The molecule has 0 unspecified atom stereocenters. The number of nitrogens with zero attached hydrogens (tertiary/aromatic N) is 1. The van der Waals surface area contributed by atoms with Crippen LogP contribution in [0.2, 0.25) is 0 Å². The zero-order valence-electron chi connectivity index (χ0n) is 11.5. The van der Waals surface area contributed by atoms with E-state index in [0.717, 1.165) is 0 Å². The van der Waals surface area contributed by atoms with Crippen molar-refractivity contribution >= 4 is 28.9 Å². The molecule has 2 rings (SSSR count). The Kier molecular flexibility index (Phi) is 4.36. The molecule has 0 saturated heterocycles. The molecule has 2 N–H and O–H groups in total. The van der Waals surface area contributed by atoms with E-state index in [2.05, 4.69) is 10.6 Å². The topological polar surface area (TPSA) is 111 Å². The minimum absolute atomic E-state index is 0.130. The molecular weight excluding hydrogens is 278 g/mol. The van der Waals surface area contributed by atoms with Gasteiger partial charge in [-0.05, 0) is 25.0 Å². The van der Waals surface area contributed by atoms with E-state index in [-0.39, 0.29) is 30.4 Å². The first-order valence-corrected chi connectivity index (χ1v) is 6.52. The first kappa shape index (κ1) is 14.8. The Hall–Kier alpha value is -2.64. The standard InChI is InChI=1S/C13H15N3O5/c1-2-21-13(18)7-14-10-6-9-8(3-4-12(17)15-9)5-11(10)16(19)20/h5-6,14H,2-4,7H2,1H3,(H,15,17). The van der Waals surface area contributed by atoms with E-state index < -0.39 is 10.9 Å². The Morgan fingerprint density at radius 2 is 2.24 bits per heavy atom. The van der Waals surface area contributed by atoms with Crippen LogP contribution in [0.15, 0.2) is 12.1 Å². The summed E-state index contributed by atoms with van der Waals surface area (Å²) in [5, 5.41) is 16.4. The maximum atomic E-state index is 11.4. The molecule has 0 bridgehead atoms. The Morgan fingerprint density at radius 1 is 1.48 bits per heavy atom. The Morgan fingerprint density at radius 3 is 2.90 bits per heavy atom. The Labute approximate surface area is 120 Å². The number of aryl methyl sites for hydroxylation is 1. The molecule has 1 aromatic rings. The third kappa shape index (κ3) is 3.47. The summed E-state index contributed by atoms with van der Waals surface area (Å²) in [6.45, 7) is 1.74. The highest BCUT2D eigenvalue weighted by Gasteiger charge is 2.22. The number of esters is 1. The molecule has 1 aliphatic heterocycles. The molecule has 1 aliphatic rings. The van der Waals surface area contributed by atoms with Crippen molar-refractivity contribution in [3.05, 3.63) is 27.8 Å². The number of hydrogen-bond acceptors (Lipinski definition) is 6. The number of benzene rings is 1. The zero-order chi connectivity index (χ0) is 15.4. The van der Waals surface area contributed by atoms with Gasteiger partial charge in [-0.1, -0.05) is 0 Å². The number of nitro groups is 1. The van der Waals surface area contributed by atoms with Gasteiger partial charge in [0.2, 0.25) is 5.91 Å². The summed E-state index contributed by atoms with van der Waals surface area (Å²) >= 11 is 0. The lowest BCUT2D eigenvalue weighted by molar-refractivity contribution is -0.384. The lowest BCUT2D eigenvalue weighted by atomic mass is 10.0. The Balaban J connectivity index is 2.25. The van der Waals surface area contributed by atoms with Gasteiger partial charge >= 0.3 is 5.97 Å². The molecule has 1 aromatic carbocycles. The molecular formula is C13H15N3O5. The molecule has 0 saturated carbocycles. The van der Waals surface area contributed by atoms with E-state index in [9.17, 15) is 19.7 Å². The molecule has 8 nitrogen and oxygen atoms in total. The maximum absolute atomic E-state index is 11.4. The molecule has 0 aliphatic carbocycles. The minimum Gasteiger partial charge on any atom is -0.465 e. The van der Waals surface area contributed by atoms with Gasteiger partial charge < -0.3 is 15.4 Å². The van der Waals surface area contributed by atoms with Crippen molar-refractivity contribution in [3.63, 3.8) is 0 Å². The van der Waals surface area contributed by atoms with E-state index in [1.165, 1.54) is 12.1 Å².